The Balaban J connectivity index is 1.86. The maximum absolute atomic E-state index is 13.1. The first kappa shape index (κ1) is 15.9. The Hall–Kier alpha value is -3.02. The van der Waals surface area contributed by atoms with Gasteiger partial charge in [-0.2, -0.15) is 0 Å². The van der Waals surface area contributed by atoms with Gasteiger partial charge in [-0.1, -0.05) is 12.1 Å². The fraction of sp³-hybridized carbons (Fsp3) is 0.167. The number of nitrogens with zero attached hydrogens (tertiary/aromatic N) is 2. The number of halogens is 1. The molecule has 0 fully saturated rings. The zero-order valence-electron chi connectivity index (χ0n) is 13.3. The van der Waals surface area contributed by atoms with E-state index in [4.69, 9.17) is 0 Å². The average molecular weight is 325 g/mol. The molecule has 0 atom stereocenters. The lowest BCUT2D eigenvalue weighted by Crippen LogP contribution is -2.28. The summed E-state index contributed by atoms with van der Waals surface area (Å²) in [4.78, 5) is 28.9. The van der Waals surface area contributed by atoms with E-state index in [9.17, 15) is 14.0 Å². The number of carbonyl (C=O) groups is 1. The molecule has 1 N–H and O–H groups in total. The molecule has 0 aliphatic heterocycles. The number of amides is 1. The van der Waals surface area contributed by atoms with E-state index in [1.54, 1.807) is 19.1 Å². The summed E-state index contributed by atoms with van der Waals surface area (Å²) >= 11 is 0. The molecule has 0 unspecified atom stereocenters. The minimum atomic E-state index is -0.374. The van der Waals surface area contributed by atoms with E-state index in [1.807, 2.05) is 13.0 Å². The van der Waals surface area contributed by atoms with Crippen LogP contribution < -0.4 is 10.9 Å². The van der Waals surface area contributed by atoms with Crippen molar-refractivity contribution in [1.29, 1.82) is 0 Å². The van der Waals surface area contributed by atoms with Crippen molar-refractivity contribution >= 4 is 22.5 Å². The second-order valence-electron chi connectivity index (χ2n) is 5.66. The van der Waals surface area contributed by atoms with Gasteiger partial charge < -0.3 is 5.32 Å². The quantitative estimate of drug-likeness (QED) is 0.805. The molecular weight excluding hydrogens is 309 g/mol. The molecule has 3 aromatic rings. The maximum atomic E-state index is 13.1. The molecule has 3 rings (SSSR count). The lowest BCUT2D eigenvalue weighted by atomic mass is 10.1. The van der Waals surface area contributed by atoms with Crippen molar-refractivity contribution in [3.63, 3.8) is 0 Å². The summed E-state index contributed by atoms with van der Waals surface area (Å²) in [6.45, 7) is 3.42. The van der Waals surface area contributed by atoms with Crippen LogP contribution in [0.2, 0.25) is 0 Å². The van der Waals surface area contributed by atoms with Gasteiger partial charge in [0, 0.05) is 5.69 Å². The molecule has 122 valence electrons. The molecule has 0 radical (unpaired) electrons. The maximum Gasteiger partial charge on any atom is 0.261 e. The fourth-order valence-corrected chi connectivity index (χ4v) is 2.56. The molecule has 0 aliphatic rings. The normalized spacial score (nSPS) is 10.8. The van der Waals surface area contributed by atoms with Crippen LogP contribution in [0.5, 0.6) is 0 Å². The standard InChI is InChI=1S/C18H16FN3O2/c1-11-4-3-5-14-17(11)20-10-22(18(14)24)9-16(23)21-15-7-6-13(19)8-12(15)2/h3-8,10H,9H2,1-2H3,(H,21,23). The number of hydrogen-bond donors (Lipinski definition) is 1. The molecule has 24 heavy (non-hydrogen) atoms. The Morgan fingerprint density at radius 1 is 1.21 bits per heavy atom. The number of nitrogens with one attached hydrogen (secondary N) is 1. The van der Waals surface area contributed by atoms with E-state index < -0.39 is 0 Å². The van der Waals surface area contributed by atoms with E-state index in [2.05, 4.69) is 10.3 Å². The van der Waals surface area contributed by atoms with E-state index in [-0.39, 0.29) is 23.8 Å². The average Bonchev–Trinajstić information content (AvgIpc) is 2.53. The smallest absolute Gasteiger partial charge is 0.261 e. The highest BCUT2D eigenvalue weighted by Crippen LogP contribution is 2.16. The topological polar surface area (TPSA) is 64.0 Å². The molecule has 6 heteroatoms. The predicted molar refractivity (Wildman–Crippen MR) is 90.5 cm³/mol. The van der Waals surface area contributed by atoms with Gasteiger partial charge in [-0.15, -0.1) is 0 Å². The zero-order chi connectivity index (χ0) is 17.3. The van der Waals surface area contributed by atoms with Crippen LogP contribution in [-0.2, 0) is 11.3 Å². The molecular formula is C18H16FN3O2. The van der Waals surface area contributed by atoms with E-state index in [1.165, 1.54) is 29.1 Å². The molecule has 1 heterocycles. The first-order valence-electron chi connectivity index (χ1n) is 7.46. The minimum Gasteiger partial charge on any atom is -0.324 e. The number of carbonyl (C=O) groups excluding carboxylic acids is 1. The van der Waals surface area contributed by atoms with Gasteiger partial charge in [0.25, 0.3) is 5.56 Å². The summed E-state index contributed by atoms with van der Waals surface area (Å²) in [7, 11) is 0. The summed E-state index contributed by atoms with van der Waals surface area (Å²) in [6, 6.07) is 9.46. The third-order valence-corrected chi connectivity index (χ3v) is 3.83. The van der Waals surface area contributed by atoms with Gasteiger partial charge in [-0.25, -0.2) is 9.37 Å². The van der Waals surface area contributed by atoms with E-state index in [0.717, 1.165) is 5.56 Å². The summed E-state index contributed by atoms with van der Waals surface area (Å²) < 4.78 is 14.4. The summed E-state index contributed by atoms with van der Waals surface area (Å²) in [5.74, 6) is -0.739. The van der Waals surface area contributed by atoms with Crippen LogP contribution in [0.25, 0.3) is 10.9 Å². The molecule has 2 aromatic carbocycles. The van der Waals surface area contributed by atoms with Gasteiger partial charge in [0.15, 0.2) is 0 Å². The van der Waals surface area contributed by atoms with Crippen molar-refractivity contribution in [2.75, 3.05) is 5.32 Å². The van der Waals surface area contributed by atoms with Crippen molar-refractivity contribution in [2.24, 2.45) is 0 Å². The van der Waals surface area contributed by atoms with E-state index in [0.29, 0.717) is 22.2 Å². The molecule has 0 bridgehead atoms. The van der Waals surface area contributed by atoms with Gasteiger partial charge >= 0.3 is 0 Å². The van der Waals surface area contributed by atoms with Gasteiger partial charge in [0.2, 0.25) is 5.91 Å². The Morgan fingerprint density at radius 3 is 2.75 bits per heavy atom. The van der Waals surface area contributed by atoms with Gasteiger partial charge in [0.05, 0.1) is 17.2 Å². The van der Waals surface area contributed by atoms with Crippen molar-refractivity contribution in [2.45, 2.75) is 20.4 Å². The van der Waals surface area contributed by atoms with Crippen LogP contribution >= 0.6 is 0 Å². The molecule has 5 nitrogen and oxygen atoms in total. The second kappa shape index (κ2) is 6.23. The predicted octanol–water partition coefficient (Wildman–Crippen LogP) is 2.79. The van der Waals surface area contributed by atoms with Crippen LogP contribution in [0.1, 0.15) is 11.1 Å². The summed E-state index contributed by atoms with van der Waals surface area (Å²) in [5.41, 5.74) is 2.40. The Morgan fingerprint density at radius 2 is 2.00 bits per heavy atom. The first-order chi connectivity index (χ1) is 11.5. The van der Waals surface area contributed by atoms with Crippen LogP contribution in [0.15, 0.2) is 47.5 Å². The monoisotopic (exact) mass is 325 g/mol. The zero-order valence-corrected chi connectivity index (χ0v) is 13.3. The number of fused-ring (bicyclic) bond motifs is 1. The summed E-state index contributed by atoms with van der Waals surface area (Å²) in [5, 5.41) is 3.15. The number of hydrogen-bond acceptors (Lipinski definition) is 3. The third kappa shape index (κ3) is 3.03. The largest absolute Gasteiger partial charge is 0.324 e. The second-order valence-corrected chi connectivity index (χ2v) is 5.66. The van der Waals surface area contributed by atoms with Crippen molar-refractivity contribution < 1.29 is 9.18 Å². The van der Waals surface area contributed by atoms with Crippen LogP contribution in [0.3, 0.4) is 0 Å². The minimum absolute atomic E-state index is 0.160. The number of rotatable bonds is 3. The Labute approximate surface area is 137 Å². The number of aryl methyl sites for hydroxylation is 2. The van der Waals surface area contributed by atoms with Gasteiger partial charge in [-0.3, -0.25) is 14.2 Å². The number of anilines is 1. The highest BCUT2D eigenvalue weighted by molar-refractivity contribution is 5.91. The lowest BCUT2D eigenvalue weighted by Gasteiger charge is -2.10. The van der Waals surface area contributed by atoms with Crippen molar-refractivity contribution in [3.05, 3.63) is 70.0 Å². The van der Waals surface area contributed by atoms with Crippen molar-refractivity contribution in [3.8, 4) is 0 Å². The first-order valence-corrected chi connectivity index (χ1v) is 7.46. The molecule has 1 amide bonds. The van der Waals surface area contributed by atoms with E-state index >= 15 is 0 Å². The number of para-hydroxylation sites is 1. The lowest BCUT2D eigenvalue weighted by molar-refractivity contribution is -0.116. The molecule has 0 aliphatic carbocycles. The SMILES string of the molecule is Cc1cc(F)ccc1NC(=O)Cn1cnc2c(C)cccc2c1=O. The molecule has 0 saturated carbocycles. The highest BCUT2D eigenvalue weighted by Gasteiger charge is 2.10. The number of benzene rings is 2. The Kier molecular flexibility index (Phi) is 4.12. The van der Waals surface area contributed by atoms with Crippen LogP contribution in [0.4, 0.5) is 10.1 Å². The molecule has 0 saturated heterocycles. The van der Waals surface area contributed by atoms with Gasteiger partial charge in [-0.05, 0) is 49.2 Å². The highest BCUT2D eigenvalue weighted by atomic mass is 19.1. The van der Waals surface area contributed by atoms with Gasteiger partial charge in [0.1, 0.15) is 12.4 Å². The summed E-state index contributed by atoms with van der Waals surface area (Å²) in [6.07, 6.45) is 1.37. The van der Waals surface area contributed by atoms with Crippen LogP contribution in [-0.4, -0.2) is 15.5 Å². The molecule has 0 spiro atoms. The van der Waals surface area contributed by atoms with Crippen molar-refractivity contribution in [1.82, 2.24) is 9.55 Å². The Bertz CT molecular complexity index is 995. The van der Waals surface area contributed by atoms with Crippen LogP contribution in [0, 0.1) is 19.7 Å². The molecule has 1 aromatic heterocycles. The number of aromatic nitrogens is 2. The third-order valence-electron chi connectivity index (χ3n) is 3.83. The fourth-order valence-electron chi connectivity index (χ4n) is 2.56.